The fraction of sp³-hybridized carbons (Fsp3) is 0.500. The fourth-order valence-electron chi connectivity index (χ4n) is 2.30. The number of benzene rings is 1. The molecule has 110 valence electrons. The number of rotatable bonds is 4. The summed E-state index contributed by atoms with van der Waals surface area (Å²) in [5.74, 6) is -0.674. The molecule has 0 radical (unpaired) electrons. The van der Waals surface area contributed by atoms with Gasteiger partial charge >= 0.3 is 0 Å². The predicted molar refractivity (Wildman–Crippen MR) is 79.0 cm³/mol. The predicted octanol–water partition coefficient (Wildman–Crippen LogP) is 2.37. The number of hydrogen-bond donors (Lipinski definition) is 2. The molecular weight excluding hydrogens is 327 g/mol. The molecule has 1 aromatic carbocycles. The van der Waals surface area contributed by atoms with E-state index in [-0.39, 0.29) is 17.7 Å². The van der Waals surface area contributed by atoms with Gasteiger partial charge in [-0.1, -0.05) is 15.9 Å². The summed E-state index contributed by atoms with van der Waals surface area (Å²) in [4.78, 5) is 13.9. The van der Waals surface area contributed by atoms with E-state index in [0.29, 0.717) is 24.0 Å². The standard InChI is InChI=1S/C14H18BrFN2O2/c15-10-3-4-13(12(16)8-10)17-14(20)5-7-18-6-1-2-11(19)9-18/h3-4,8,11,19H,1-2,5-7,9H2,(H,17,20). The van der Waals surface area contributed by atoms with Crippen LogP contribution in [-0.2, 0) is 4.79 Å². The van der Waals surface area contributed by atoms with Crippen molar-refractivity contribution in [3.8, 4) is 0 Å². The van der Waals surface area contributed by atoms with Crippen LogP contribution in [0.4, 0.5) is 10.1 Å². The lowest BCUT2D eigenvalue weighted by atomic mass is 10.1. The molecule has 0 aliphatic carbocycles. The molecule has 0 bridgehead atoms. The molecule has 0 saturated carbocycles. The number of likely N-dealkylation sites (tertiary alicyclic amines) is 1. The number of carbonyl (C=O) groups is 1. The lowest BCUT2D eigenvalue weighted by Crippen LogP contribution is -2.39. The van der Waals surface area contributed by atoms with Gasteiger partial charge in [0.1, 0.15) is 5.82 Å². The maximum Gasteiger partial charge on any atom is 0.225 e. The normalized spacial score (nSPS) is 19.9. The first-order valence-corrected chi connectivity index (χ1v) is 7.49. The van der Waals surface area contributed by atoms with E-state index in [2.05, 4.69) is 26.1 Å². The Kier molecular flexibility index (Phi) is 5.51. The van der Waals surface area contributed by atoms with E-state index in [1.807, 2.05) is 0 Å². The zero-order valence-corrected chi connectivity index (χ0v) is 12.7. The van der Waals surface area contributed by atoms with Crippen molar-refractivity contribution in [3.63, 3.8) is 0 Å². The first kappa shape index (κ1) is 15.4. The molecule has 6 heteroatoms. The number of nitrogens with one attached hydrogen (secondary N) is 1. The summed E-state index contributed by atoms with van der Waals surface area (Å²) in [6.07, 6.45) is 1.77. The maximum absolute atomic E-state index is 13.6. The average Bonchev–Trinajstić information content (AvgIpc) is 2.40. The molecule has 1 fully saturated rings. The lowest BCUT2D eigenvalue weighted by molar-refractivity contribution is -0.116. The third kappa shape index (κ3) is 4.54. The number of amides is 1. The van der Waals surface area contributed by atoms with Crippen LogP contribution in [0.1, 0.15) is 19.3 Å². The Morgan fingerprint density at radius 3 is 3.05 bits per heavy atom. The van der Waals surface area contributed by atoms with E-state index in [1.165, 1.54) is 12.1 Å². The summed E-state index contributed by atoms with van der Waals surface area (Å²) in [6.45, 7) is 2.10. The Morgan fingerprint density at radius 2 is 2.35 bits per heavy atom. The fourth-order valence-corrected chi connectivity index (χ4v) is 2.63. The van der Waals surface area contributed by atoms with Gasteiger partial charge in [0.15, 0.2) is 0 Å². The van der Waals surface area contributed by atoms with Crippen molar-refractivity contribution >= 4 is 27.5 Å². The average molecular weight is 345 g/mol. The van der Waals surface area contributed by atoms with Gasteiger partial charge in [-0.2, -0.15) is 0 Å². The van der Waals surface area contributed by atoms with Crippen molar-refractivity contribution in [2.75, 3.05) is 25.0 Å². The molecule has 0 spiro atoms. The van der Waals surface area contributed by atoms with E-state index >= 15 is 0 Å². The number of hydrogen-bond acceptors (Lipinski definition) is 3. The third-order valence-corrected chi connectivity index (χ3v) is 3.83. The number of β-amino-alcohol motifs (C(OH)–C–C–N with tert-alkyl or cyclic N) is 1. The quantitative estimate of drug-likeness (QED) is 0.881. The number of piperidine rings is 1. The van der Waals surface area contributed by atoms with Crippen LogP contribution in [0.3, 0.4) is 0 Å². The zero-order chi connectivity index (χ0) is 14.5. The van der Waals surface area contributed by atoms with Crippen LogP contribution in [0.5, 0.6) is 0 Å². The second kappa shape index (κ2) is 7.15. The van der Waals surface area contributed by atoms with Crippen molar-refractivity contribution in [3.05, 3.63) is 28.5 Å². The Morgan fingerprint density at radius 1 is 1.55 bits per heavy atom. The molecule has 1 aliphatic heterocycles. The molecule has 0 aromatic heterocycles. The van der Waals surface area contributed by atoms with Crippen molar-refractivity contribution in [1.29, 1.82) is 0 Å². The van der Waals surface area contributed by atoms with Gasteiger partial charge in [-0.05, 0) is 37.6 Å². The minimum Gasteiger partial charge on any atom is -0.392 e. The molecule has 1 atom stereocenters. The number of aliphatic hydroxyl groups is 1. The van der Waals surface area contributed by atoms with Gasteiger partial charge in [0, 0.05) is 24.0 Å². The van der Waals surface area contributed by atoms with Crippen molar-refractivity contribution in [1.82, 2.24) is 4.90 Å². The van der Waals surface area contributed by atoms with Crippen LogP contribution in [-0.4, -0.2) is 41.7 Å². The molecule has 1 amide bonds. The van der Waals surface area contributed by atoms with E-state index in [4.69, 9.17) is 0 Å². The Bertz CT molecular complexity index is 484. The molecular formula is C14H18BrFN2O2. The van der Waals surface area contributed by atoms with Crippen LogP contribution in [0, 0.1) is 5.82 Å². The van der Waals surface area contributed by atoms with Crippen LogP contribution in [0.15, 0.2) is 22.7 Å². The van der Waals surface area contributed by atoms with E-state index in [9.17, 15) is 14.3 Å². The summed E-state index contributed by atoms with van der Waals surface area (Å²) >= 11 is 3.17. The molecule has 20 heavy (non-hydrogen) atoms. The first-order valence-electron chi connectivity index (χ1n) is 6.70. The number of aliphatic hydroxyl groups excluding tert-OH is 1. The topological polar surface area (TPSA) is 52.6 Å². The molecule has 1 saturated heterocycles. The van der Waals surface area contributed by atoms with Crippen molar-refractivity contribution in [2.45, 2.75) is 25.4 Å². The Balaban J connectivity index is 1.80. The van der Waals surface area contributed by atoms with Crippen molar-refractivity contribution in [2.24, 2.45) is 0 Å². The number of carbonyl (C=O) groups excluding carboxylic acids is 1. The molecule has 1 unspecified atom stereocenters. The highest BCUT2D eigenvalue weighted by Gasteiger charge is 2.18. The van der Waals surface area contributed by atoms with E-state index in [1.54, 1.807) is 6.07 Å². The SMILES string of the molecule is O=C(CCN1CCCC(O)C1)Nc1ccc(Br)cc1F. The van der Waals surface area contributed by atoms with Gasteiger partial charge in [-0.25, -0.2) is 4.39 Å². The molecule has 1 aliphatic rings. The highest BCUT2D eigenvalue weighted by molar-refractivity contribution is 9.10. The van der Waals surface area contributed by atoms with Crippen molar-refractivity contribution < 1.29 is 14.3 Å². The third-order valence-electron chi connectivity index (χ3n) is 3.34. The second-order valence-corrected chi connectivity index (χ2v) is 5.93. The lowest BCUT2D eigenvalue weighted by Gasteiger charge is -2.29. The van der Waals surface area contributed by atoms with Crippen LogP contribution >= 0.6 is 15.9 Å². The summed E-state index contributed by atoms with van der Waals surface area (Å²) in [5, 5.41) is 12.1. The largest absolute Gasteiger partial charge is 0.392 e. The smallest absolute Gasteiger partial charge is 0.225 e. The van der Waals surface area contributed by atoms with Crippen LogP contribution in [0.2, 0.25) is 0 Å². The molecule has 1 aromatic rings. The highest BCUT2D eigenvalue weighted by atomic mass is 79.9. The first-order chi connectivity index (χ1) is 9.54. The van der Waals surface area contributed by atoms with Crippen LogP contribution in [0.25, 0.3) is 0 Å². The minimum absolute atomic E-state index is 0.192. The summed E-state index contributed by atoms with van der Waals surface area (Å²) in [6, 6.07) is 4.53. The summed E-state index contributed by atoms with van der Waals surface area (Å²) in [5.41, 5.74) is 0.192. The second-order valence-electron chi connectivity index (χ2n) is 5.02. The number of halogens is 2. The Hall–Kier alpha value is -0.980. The minimum atomic E-state index is -0.457. The van der Waals surface area contributed by atoms with E-state index < -0.39 is 5.82 Å². The highest BCUT2D eigenvalue weighted by Crippen LogP contribution is 2.19. The number of nitrogens with zero attached hydrogens (tertiary/aromatic N) is 1. The van der Waals surface area contributed by atoms with Gasteiger partial charge in [0.25, 0.3) is 0 Å². The Labute approximate surface area is 126 Å². The van der Waals surface area contributed by atoms with Gasteiger partial charge in [0.05, 0.1) is 11.8 Å². The van der Waals surface area contributed by atoms with Gasteiger partial charge < -0.3 is 15.3 Å². The molecule has 4 nitrogen and oxygen atoms in total. The summed E-state index contributed by atoms with van der Waals surface area (Å²) in [7, 11) is 0. The zero-order valence-electron chi connectivity index (χ0n) is 11.1. The monoisotopic (exact) mass is 344 g/mol. The van der Waals surface area contributed by atoms with Gasteiger partial charge in [-0.15, -0.1) is 0 Å². The van der Waals surface area contributed by atoms with Crippen LogP contribution < -0.4 is 5.32 Å². The summed E-state index contributed by atoms with van der Waals surface area (Å²) < 4.78 is 14.2. The van der Waals surface area contributed by atoms with E-state index in [0.717, 1.165) is 19.4 Å². The maximum atomic E-state index is 13.6. The molecule has 2 N–H and O–H groups in total. The van der Waals surface area contributed by atoms with Gasteiger partial charge in [-0.3, -0.25) is 4.79 Å². The molecule has 1 heterocycles. The number of anilines is 1. The molecule has 2 rings (SSSR count). The van der Waals surface area contributed by atoms with Gasteiger partial charge in [0.2, 0.25) is 5.91 Å².